The van der Waals surface area contributed by atoms with E-state index in [0.717, 1.165) is 17.5 Å². The average molecular weight is 461 g/mol. The SMILES string of the molecule is C[C@H](OC(=O)C(c1ccccc1)N1CCN(C(=O)OCc2ccccc2)CC1)C1C=CC=CC1. The quantitative estimate of drug-likeness (QED) is 0.559. The van der Waals surface area contributed by atoms with E-state index in [0.29, 0.717) is 26.2 Å². The van der Waals surface area contributed by atoms with Gasteiger partial charge in [0, 0.05) is 32.1 Å². The summed E-state index contributed by atoms with van der Waals surface area (Å²) in [7, 11) is 0. The van der Waals surface area contributed by atoms with E-state index in [1.165, 1.54) is 0 Å². The molecule has 1 aliphatic heterocycles. The van der Waals surface area contributed by atoms with Crippen molar-refractivity contribution < 1.29 is 19.1 Å². The van der Waals surface area contributed by atoms with Crippen LogP contribution in [0.5, 0.6) is 0 Å². The minimum Gasteiger partial charge on any atom is -0.461 e. The fourth-order valence-electron chi connectivity index (χ4n) is 4.39. The van der Waals surface area contributed by atoms with Gasteiger partial charge in [0.2, 0.25) is 0 Å². The normalized spacial score (nSPS) is 19.9. The molecule has 1 fully saturated rings. The summed E-state index contributed by atoms with van der Waals surface area (Å²) in [6.07, 6.45) is 8.54. The number of esters is 1. The van der Waals surface area contributed by atoms with E-state index in [-0.39, 0.29) is 30.7 Å². The minimum atomic E-state index is -0.505. The van der Waals surface area contributed by atoms with Crippen LogP contribution < -0.4 is 0 Å². The lowest BCUT2D eigenvalue weighted by Crippen LogP contribution is -2.51. The summed E-state index contributed by atoms with van der Waals surface area (Å²) in [5.41, 5.74) is 1.86. The molecular formula is C28H32N2O4. The van der Waals surface area contributed by atoms with E-state index in [9.17, 15) is 9.59 Å². The van der Waals surface area contributed by atoms with E-state index in [1.54, 1.807) is 4.90 Å². The lowest BCUT2D eigenvalue weighted by Gasteiger charge is -2.38. The third kappa shape index (κ3) is 6.14. The second kappa shape index (κ2) is 11.7. The zero-order chi connectivity index (χ0) is 23.8. The van der Waals surface area contributed by atoms with Gasteiger partial charge in [-0.3, -0.25) is 4.90 Å². The predicted molar refractivity (Wildman–Crippen MR) is 131 cm³/mol. The van der Waals surface area contributed by atoms with E-state index in [1.807, 2.05) is 79.7 Å². The summed E-state index contributed by atoms with van der Waals surface area (Å²) in [6, 6.07) is 18.9. The van der Waals surface area contributed by atoms with Crippen molar-refractivity contribution in [3.63, 3.8) is 0 Å². The fraction of sp³-hybridized carbons (Fsp3) is 0.357. The van der Waals surface area contributed by atoms with Crippen LogP contribution in [0.1, 0.15) is 30.5 Å². The smallest absolute Gasteiger partial charge is 0.410 e. The summed E-state index contributed by atoms with van der Waals surface area (Å²) in [4.78, 5) is 29.7. The summed E-state index contributed by atoms with van der Waals surface area (Å²) in [6.45, 7) is 4.33. The van der Waals surface area contributed by atoms with Gasteiger partial charge in [-0.05, 0) is 24.5 Å². The van der Waals surface area contributed by atoms with Crippen molar-refractivity contribution >= 4 is 12.1 Å². The zero-order valence-electron chi connectivity index (χ0n) is 19.6. The highest BCUT2D eigenvalue weighted by molar-refractivity contribution is 5.78. The Balaban J connectivity index is 1.36. The van der Waals surface area contributed by atoms with Crippen LogP contribution in [0.4, 0.5) is 4.79 Å². The Labute approximate surface area is 201 Å². The van der Waals surface area contributed by atoms with Crippen molar-refractivity contribution in [2.45, 2.75) is 32.1 Å². The van der Waals surface area contributed by atoms with Crippen LogP contribution >= 0.6 is 0 Å². The molecule has 3 atom stereocenters. The maximum atomic E-state index is 13.4. The summed E-state index contributed by atoms with van der Waals surface area (Å²) in [5.74, 6) is -0.0663. The number of amides is 1. The van der Waals surface area contributed by atoms with Crippen molar-refractivity contribution in [1.29, 1.82) is 0 Å². The number of carbonyl (C=O) groups excluding carboxylic acids is 2. The lowest BCUT2D eigenvalue weighted by atomic mass is 9.95. The third-order valence-corrected chi connectivity index (χ3v) is 6.40. The second-order valence-electron chi connectivity index (χ2n) is 8.73. The number of ether oxygens (including phenoxy) is 2. The molecule has 178 valence electrons. The van der Waals surface area contributed by atoms with Gasteiger partial charge in [0.15, 0.2) is 0 Å². The maximum absolute atomic E-state index is 13.4. The molecule has 2 aromatic carbocycles. The van der Waals surface area contributed by atoms with Crippen LogP contribution in [0.25, 0.3) is 0 Å². The van der Waals surface area contributed by atoms with Crippen LogP contribution in [0, 0.1) is 5.92 Å². The molecule has 2 aromatic rings. The molecule has 2 aliphatic rings. The van der Waals surface area contributed by atoms with Crippen LogP contribution in [0.15, 0.2) is 85.0 Å². The summed E-state index contributed by atoms with van der Waals surface area (Å²) >= 11 is 0. The number of hydrogen-bond acceptors (Lipinski definition) is 5. The van der Waals surface area contributed by atoms with E-state index >= 15 is 0 Å². The van der Waals surface area contributed by atoms with Gasteiger partial charge in [0.05, 0.1) is 0 Å². The van der Waals surface area contributed by atoms with Gasteiger partial charge in [-0.15, -0.1) is 0 Å². The topological polar surface area (TPSA) is 59.1 Å². The highest BCUT2D eigenvalue weighted by Crippen LogP contribution is 2.27. The molecule has 1 aliphatic carbocycles. The molecule has 1 amide bonds. The molecule has 0 aromatic heterocycles. The van der Waals surface area contributed by atoms with Gasteiger partial charge < -0.3 is 14.4 Å². The first-order valence-electron chi connectivity index (χ1n) is 11.9. The molecule has 0 saturated carbocycles. The number of nitrogens with zero attached hydrogens (tertiary/aromatic N) is 2. The van der Waals surface area contributed by atoms with Crippen LogP contribution in [0.2, 0.25) is 0 Å². The maximum Gasteiger partial charge on any atom is 0.410 e. The highest BCUT2D eigenvalue weighted by Gasteiger charge is 2.34. The Morgan fingerprint density at radius 2 is 1.62 bits per heavy atom. The highest BCUT2D eigenvalue weighted by atomic mass is 16.6. The Kier molecular flexibility index (Phi) is 8.15. The zero-order valence-corrected chi connectivity index (χ0v) is 19.6. The van der Waals surface area contributed by atoms with Crippen molar-refractivity contribution in [2.24, 2.45) is 5.92 Å². The molecule has 0 N–H and O–H groups in total. The van der Waals surface area contributed by atoms with Crippen molar-refractivity contribution in [1.82, 2.24) is 9.80 Å². The Hall–Kier alpha value is -3.38. The molecule has 34 heavy (non-hydrogen) atoms. The van der Waals surface area contributed by atoms with Gasteiger partial charge in [0.25, 0.3) is 0 Å². The summed E-state index contributed by atoms with van der Waals surface area (Å²) < 4.78 is 11.4. The predicted octanol–water partition coefficient (Wildman–Crippen LogP) is 4.75. The molecular weight excluding hydrogens is 428 g/mol. The minimum absolute atomic E-state index is 0.182. The molecule has 2 unspecified atom stereocenters. The standard InChI is InChI=1S/C28H32N2O4/c1-22(24-13-7-3-8-14-24)34-27(31)26(25-15-9-4-10-16-25)29-17-19-30(20-18-29)28(32)33-21-23-11-5-2-6-12-23/h2-13,15-16,22,24,26H,14,17-21H2,1H3/t22-,24?,26?/m0/s1. The number of carbonyl (C=O) groups is 2. The lowest BCUT2D eigenvalue weighted by molar-refractivity contribution is -0.157. The molecule has 4 rings (SSSR count). The molecule has 0 radical (unpaired) electrons. The van der Waals surface area contributed by atoms with E-state index in [2.05, 4.69) is 17.1 Å². The Morgan fingerprint density at radius 1 is 0.941 bits per heavy atom. The molecule has 0 bridgehead atoms. The number of hydrogen-bond donors (Lipinski definition) is 0. The van der Waals surface area contributed by atoms with Crippen LogP contribution in [0.3, 0.4) is 0 Å². The summed E-state index contributed by atoms with van der Waals surface area (Å²) in [5, 5.41) is 0. The number of rotatable bonds is 7. The number of piperazine rings is 1. The number of allylic oxidation sites excluding steroid dienone is 3. The monoisotopic (exact) mass is 460 g/mol. The van der Waals surface area contributed by atoms with Crippen LogP contribution in [-0.4, -0.2) is 54.1 Å². The molecule has 6 heteroatoms. The van der Waals surface area contributed by atoms with Gasteiger partial charge in [-0.1, -0.05) is 85.0 Å². The molecule has 1 saturated heterocycles. The first-order valence-corrected chi connectivity index (χ1v) is 11.9. The molecule has 6 nitrogen and oxygen atoms in total. The van der Waals surface area contributed by atoms with Gasteiger partial charge in [-0.25, -0.2) is 9.59 Å². The Bertz CT molecular complexity index is 998. The van der Waals surface area contributed by atoms with Crippen LogP contribution in [-0.2, 0) is 20.9 Å². The first-order chi connectivity index (χ1) is 16.6. The third-order valence-electron chi connectivity index (χ3n) is 6.40. The Morgan fingerprint density at radius 3 is 2.26 bits per heavy atom. The fourth-order valence-corrected chi connectivity index (χ4v) is 4.39. The van der Waals surface area contributed by atoms with Gasteiger partial charge in [0.1, 0.15) is 18.8 Å². The molecule has 1 heterocycles. The second-order valence-corrected chi connectivity index (χ2v) is 8.73. The van der Waals surface area contributed by atoms with Gasteiger partial charge in [-0.2, -0.15) is 0 Å². The number of benzene rings is 2. The first kappa shape index (κ1) is 23.8. The van der Waals surface area contributed by atoms with E-state index in [4.69, 9.17) is 9.47 Å². The molecule has 0 spiro atoms. The van der Waals surface area contributed by atoms with Crippen molar-refractivity contribution in [3.05, 3.63) is 96.1 Å². The van der Waals surface area contributed by atoms with Crippen molar-refractivity contribution in [2.75, 3.05) is 26.2 Å². The largest absolute Gasteiger partial charge is 0.461 e. The average Bonchev–Trinajstić information content (AvgIpc) is 2.89. The van der Waals surface area contributed by atoms with Gasteiger partial charge >= 0.3 is 12.1 Å². The van der Waals surface area contributed by atoms with Crippen molar-refractivity contribution in [3.8, 4) is 0 Å². The van der Waals surface area contributed by atoms with E-state index < -0.39 is 6.04 Å².